The fourth-order valence-electron chi connectivity index (χ4n) is 4.05. The Morgan fingerprint density at radius 3 is 2.78 bits per heavy atom. The molecule has 0 radical (unpaired) electrons. The molecule has 0 bridgehead atoms. The minimum absolute atomic E-state index is 0.123. The molecule has 0 aliphatic heterocycles. The maximum atomic E-state index is 12.0. The van der Waals surface area contributed by atoms with Crippen LogP contribution in [0.15, 0.2) is 24.3 Å². The van der Waals surface area contributed by atoms with Crippen LogP contribution < -0.4 is 10.6 Å². The third kappa shape index (κ3) is 3.59. The molecule has 1 aromatic rings. The highest BCUT2D eigenvalue weighted by Crippen LogP contribution is 2.36. The summed E-state index contributed by atoms with van der Waals surface area (Å²) in [6, 6.07) is 8.37. The van der Waals surface area contributed by atoms with Crippen molar-refractivity contribution in [2.45, 2.75) is 50.5 Å². The summed E-state index contributed by atoms with van der Waals surface area (Å²) in [6.45, 7) is 1.64. The standard InChI is InChI=1S/C19H28N2O2/c22-14-19(11-10-15-6-3-4-9-17(15)19)21-13-5-12-20-18(23)16-7-1-2-8-16/h3-4,6,9,16,21-22H,1-2,5,7-8,10-14H2,(H,20,23). The highest BCUT2D eigenvalue weighted by Gasteiger charge is 2.37. The van der Waals surface area contributed by atoms with Crippen LogP contribution in [0.3, 0.4) is 0 Å². The van der Waals surface area contributed by atoms with Gasteiger partial charge in [0, 0.05) is 12.5 Å². The maximum Gasteiger partial charge on any atom is 0.223 e. The Bertz CT molecular complexity index is 540. The Hall–Kier alpha value is -1.39. The third-order valence-corrected chi connectivity index (χ3v) is 5.47. The van der Waals surface area contributed by atoms with Gasteiger partial charge in [0.25, 0.3) is 0 Å². The second-order valence-electron chi connectivity index (χ2n) is 6.95. The zero-order valence-electron chi connectivity index (χ0n) is 13.8. The summed E-state index contributed by atoms with van der Waals surface area (Å²) in [7, 11) is 0. The van der Waals surface area contributed by atoms with Crippen LogP contribution in [0.2, 0.25) is 0 Å². The topological polar surface area (TPSA) is 61.4 Å². The van der Waals surface area contributed by atoms with Crippen LogP contribution in [0.25, 0.3) is 0 Å². The Kier molecular flexibility index (Phi) is 5.34. The molecule has 0 aromatic heterocycles. The molecule has 4 heteroatoms. The van der Waals surface area contributed by atoms with E-state index in [1.54, 1.807) is 0 Å². The summed E-state index contributed by atoms with van der Waals surface area (Å²) in [5, 5.41) is 16.5. The Balaban J connectivity index is 1.44. The second-order valence-corrected chi connectivity index (χ2v) is 6.95. The van der Waals surface area contributed by atoms with Gasteiger partial charge < -0.3 is 15.7 Å². The van der Waals surface area contributed by atoms with Crippen molar-refractivity contribution in [2.75, 3.05) is 19.7 Å². The molecule has 1 fully saturated rings. The van der Waals surface area contributed by atoms with Gasteiger partial charge in [0.05, 0.1) is 12.1 Å². The number of benzene rings is 1. The predicted octanol–water partition coefficient (Wildman–Crippen LogP) is 2.11. The van der Waals surface area contributed by atoms with Gasteiger partial charge in [0.2, 0.25) is 5.91 Å². The summed E-state index contributed by atoms with van der Waals surface area (Å²) in [6.07, 6.45) is 7.33. The van der Waals surface area contributed by atoms with Crippen molar-refractivity contribution < 1.29 is 9.90 Å². The first-order valence-corrected chi connectivity index (χ1v) is 8.97. The van der Waals surface area contributed by atoms with Gasteiger partial charge in [-0.25, -0.2) is 0 Å². The summed E-state index contributed by atoms with van der Waals surface area (Å²) in [5.74, 6) is 0.471. The lowest BCUT2D eigenvalue weighted by Crippen LogP contribution is -2.45. The number of aliphatic hydroxyl groups excluding tert-OH is 1. The van der Waals surface area contributed by atoms with Crippen LogP contribution >= 0.6 is 0 Å². The molecule has 1 unspecified atom stereocenters. The fourth-order valence-corrected chi connectivity index (χ4v) is 4.05. The predicted molar refractivity (Wildman–Crippen MR) is 91.1 cm³/mol. The molecular weight excluding hydrogens is 288 g/mol. The van der Waals surface area contributed by atoms with Gasteiger partial charge in [0.15, 0.2) is 0 Å². The van der Waals surface area contributed by atoms with E-state index >= 15 is 0 Å². The van der Waals surface area contributed by atoms with E-state index in [-0.39, 0.29) is 24.0 Å². The van der Waals surface area contributed by atoms with E-state index in [9.17, 15) is 9.90 Å². The molecule has 4 nitrogen and oxygen atoms in total. The fraction of sp³-hybridized carbons (Fsp3) is 0.632. The first-order chi connectivity index (χ1) is 11.2. The minimum atomic E-state index is -0.300. The van der Waals surface area contributed by atoms with Gasteiger partial charge in [-0.1, -0.05) is 37.1 Å². The van der Waals surface area contributed by atoms with E-state index < -0.39 is 0 Å². The van der Waals surface area contributed by atoms with Gasteiger partial charge in [0.1, 0.15) is 0 Å². The molecular formula is C19H28N2O2. The van der Waals surface area contributed by atoms with Crippen LogP contribution in [-0.2, 0) is 16.8 Å². The van der Waals surface area contributed by atoms with Gasteiger partial charge in [-0.2, -0.15) is 0 Å². The van der Waals surface area contributed by atoms with Crippen LogP contribution in [0.1, 0.15) is 49.7 Å². The van der Waals surface area contributed by atoms with Crippen molar-refractivity contribution >= 4 is 5.91 Å². The highest BCUT2D eigenvalue weighted by molar-refractivity contribution is 5.78. The van der Waals surface area contributed by atoms with Crippen molar-refractivity contribution in [2.24, 2.45) is 5.92 Å². The average molecular weight is 316 g/mol. The molecule has 0 heterocycles. The lowest BCUT2D eigenvalue weighted by Gasteiger charge is -2.30. The van der Waals surface area contributed by atoms with Gasteiger partial charge >= 0.3 is 0 Å². The van der Waals surface area contributed by atoms with Crippen LogP contribution in [-0.4, -0.2) is 30.7 Å². The molecule has 3 rings (SSSR count). The van der Waals surface area contributed by atoms with Crippen LogP contribution in [0.4, 0.5) is 0 Å². The minimum Gasteiger partial charge on any atom is -0.394 e. The van der Waals surface area contributed by atoms with Crippen LogP contribution in [0.5, 0.6) is 0 Å². The normalized spacial score (nSPS) is 23.9. The van der Waals surface area contributed by atoms with Gasteiger partial charge in [-0.15, -0.1) is 0 Å². The summed E-state index contributed by atoms with van der Waals surface area (Å²) in [5.41, 5.74) is 2.27. The first kappa shape index (κ1) is 16.5. The molecule has 1 atom stereocenters. The number of aliphatic hydroxyl groups is 1. The van der Waals surface area contributed by atoms with E-state index in [0.29, 0.717) is 6.54 Å². The molecule has 126 valence electrons. The third-order valence-electron chi connectivity index (χ3n) is 5.47. The van der Waals surface area contributed by atoms with E-state index in [1.807, 2.05) is 6.07 Å². The number of rotatable bonds is 7. The van der Waals surface area contributed by atoms with E-state index in [0.717, 1.165) is 38.6 Å². The molecule has 3 N–H and O–H groups in total. The lowest BCUT2D eigenvalue weighted by atomic mass is 9.92. The molecule has 23 heavy (non-hydrogen) atoms. The quantitative estimate of drug-likeness (QED) is 0.675. The molecule has 2 aliphatic carbocycles. The number of aryl methyl sites for hydroxylation is 1. The van der Waals surface area contributed by atoms with E-state index in [4.69, 9.17) is 0 Å². The number of carbonyl (C=O) groups is 1. The molecule has 2 aliphatic rings. The molecule has 1 amide bonds. The Labute approximate surface area is 138 Å². The molecule has 1 saturated carbocycles. The SMILES string of the molecule is O=C(NCCCNC1(CO)CCc2ccccc21)C1CCCC1. The Morgan fingerprint density at radius 2 is 2.00 bits per heavy atom. The van der Waals surface area contributed by atoms with Gasteiger partial charge in [-0.05, 0) is 49.8 Å². The zero-order chi connectivity index (χ0) is 16.1. The zero-order valence-corrected chi connectivity index (χ0v) is 13.8. The monoisotopic (exact) mass is 316 g/mol. The average Bonchev–Trinajstić information content (AvgIpc) is 3.23. The van der Waals surface area contributed by atoms with Crippen molar-refractivity contribution in [1.29, 1.82) is 0 Å². The van der Waals surface area contributed by atoms with Gasteiger partial charge in [-0.3, -0.25) is 4.79 Å². The first-order valence-electron chi connectivity index (χ1n) is 8.97. The van der Waals surface area contributed by atoms with Crippen LogP contribution in [0, 0.1) is 5.92 Å². The van der Waals surface area contributed by atoms with E-state index in [1.165, 1.54) is 24.0 Å². The highest BCUT2D eigenvalue weighted by atomic mass is 16.3. The summed E-state index contributed by atoms with van der Waals surface area (Å²) in [4.78, 5) is 12.0. The molecule has 1 aromatic carbocycles. The maximum absolute atomic E-state index is 12.0. The smallest absolute Gasteiger partial charge is 0.223 e. The molecule has 0 spiro atoms. The second kappa shape index (κ2) is 7.45. The van der Waals surface area contributed by atoms with Crippen molar-refractivity contribution in [1.82, 2.24) is 10.6 Å². The number of nitrogens with one attached hydrogen (secondary N) is 2. The number of hydrogen-bond donors (Lipinski definition) is 3. The Morgan fingerprint density at radius 1 is 1.22 bits per heavy atom. The number of fused-ring (bicyclic) bond motifs is 1. The van der Waals surface area contributed by atoms with Crippen molar-refractivity contribution in [3.63, 3.8) is 0 Å². The summed E-state index contributed by atoms with van der Waals surface area (Å²) >= 11 is 0. The van der Waals surface area contributed by atoms with Crippen molar-refractivity contribution in [3.8, 4) is 0 Å². The number of carbonyl (C=O) groups excluding carboxylic acids is 1. The largest absolute Gasteiger partial charge is 0.394 e. The number of hydrogen-bond acceptors (Lipinski definition) is 3. The lowest BCUT2D eigenvalue weighted by molar-refractivity contribution is -0.124. The van der Waals surface area contributed by atoms with Crippen molar-refractivity contribution in [3.05, 3.63) is 35.4 Å². The molecule has 0 saturated heterocycles. The summed E-state index contributed by atoms with van der Waals surface area (Å²) < 4.78 is 0. The number of amides is 1. The van der Waals surface area contributed by atoms with E-state index in [2.05, 4.69) is 28.8 Å².